The second kappa shape index (κ2) is 7.33. The first-order chi connectivity index (χ1) is 11.2. The largest absolute Gasteiger partial charge is 0.467 e. The first-order valence-electron chi connectivity index (χ1n) is 8.08. The Balaban J connectivity index is 1.47. The number of hydrogen-bond donors (Lipinski definition) is 1. The highest BCUT2D eigenvalue weighted by Crippen LogP contribution is 2.21. The molecule has 0 spiro atoms. The van der Waals surface area contributed by atoms with Gasteiger partial charge in [0, 0.05) is 32.2 Å². The molecule has 23 heavy (non-hydrogen) atoms. The lowest BCUT2D eigenvalue weighted by Crippen LogP contribution is -2.52. The molecule has 0 saturated carbocycles. The molecule has 1 aromatic heterocycles. The normalized spacial score (nSPS) is 17.0. The summed E-state index contributed by atoms with van der Waals surface area (Å²) in [7, 11) is 0. The molecule has 5 heteroatoms. The minimum atomic E-state index is -0.0200. The van der Waals surface area contributed by atoms with E-state index < -0.39 is 0 Å². The van der Waals surface area contributed by atoms with Gasteiger partial charge in [0.1, 0.15) is 5.76 Å². The molecule has 1 aliphatic rings. The van der Waals surface area contributed by atoms with E-state index in [0.29, 0.717) is 12.6 Å². The van der Waals surface area contributed by atoms with Crippen LogP contribution in [0.3, 0.4) is 0 Å². The second-order valence-corrected chi connectivity index (χ2v) is 5.85. The van der Waals surface area contributed by atoms with E-state index in [-0.39, 0.29) is 6.03 Å². The van der Waals surface area contributed by atoms with Gasteiger partial charge in [-0.05, 0) is 24.6 Å². The second-order valence-electron chi connectivity index (χ2n) is 5.85. The number of hydrogen-bond acceptors (Lipinski definition) is 3. The zero-order valence-electron chi connectivity index (χ0n) is 13.4. The topological polar surface area (TPSA) is 48.7 Å². The van der Waals surface area contributed by atoms with E-state index in [0.717, 1.165) is 31.9 Å². The highest BCUT2D eigenvalue weighted by atomic mass is 16.3. The van der Waals surface area contributed by atoms with Crippen LogP contribution >= 0.6 is 0 Å². The quantitative estimate of drug-likeness (QED) is 0.944. The average molecular weight is 313 g/mol. The van der Waals surface area contributed by atoms with Crippen molar-refractivity contribution in [2.24, 2.45) is 0 Å². The predicted octanol–water partition coefficient (Wildman–Crippen LogP) is 2.87. The van der Waals surface area contributed by atoms with Crippen LogP contribution < -0.4 is 5.32 Å². The van der Waals surface area contributed by atoms with E-state index in [1.54, 1.807) is 6.26 Å². The van der Waals surface area contributed by atoms with Crippen LogP contribution in [-0.2, 0) is 6.54 Å². The lowest BCUT2D eigenvalue weighted by Gasteiger charge is -2.38. The molecule has 2 amide bonds. The van der Waals surface area contributed by atoms with E-state index in [9.17, 15) is 4.79 Å². The number of carbonyl (C=O) groups is 1. The fourth-order valence-electron chi connectivity index (χ4n) is 2.94. The fraction of sp³-hybridized carbons (Fsp3) is 0.389. The lowest BCUT2D eigenvalue weighted by atomic mass is 10.1. The van der Waals surface area contributed by atoms with Gasteiger partial charge in [-0.3, -0.25) is 4.90 Å². The summed E-state index contributed by atoms with van der Waals surface area (Å²) in [6.45, 7) is 5.95. The van der Waals surface area contributed by atoms with Gasteiger partial charge in [0.05, 0.1) is 12.8 Å². The molecule has 1 aromatic carbocycles. The number of carbonyl (C=O) groups excluding carboxylic acids is 1. The summed E-state index contributed by atoms with van der Waals surface area (Å²) in [5.41, 5.74) is 1.32. The molecular weight excluding hydrogens is 290 g/mol. The number of amides is 2. The van der Waals surface area contributed by atoms with Crippen LogP contribution in [0.1, 0.15) is 24.3 Å². The van der Waals surface area contributed by atoms with Crippen molar-refractivity contribution < 1.29 is 9.21 Å². The van der Waals surface area contributed by atoms with E-state index in [1.807, 2.05) is 23.1 Å². The van der Waals surface area contributed by atoms with Crippen molar-refractivity contribution in [3.63, 3.8) is 0 Å². The van der Waals surface area contributed by atoms with Crippen LogP contribution in [-0.4, -0.2) is 42.0 Å². The molecule has 2 heterocycles. The zero-order valence-corrected chi connectivity index (χ0v) is 13.4. The smallest absolute Gasteiger partial charge is 0.317 e. The minimum Gasteiger partial charge on any atom is -0.467 e. The Morgan fingerprint density at radius 3 is 2.52 bits per heavy atom. The first-order valence-corrected chi connectivity index (χ1v) is 8.08. The van der Waals surface area contributed by atoms with Crippen molar-refractivity contribution in [1.82, 2.24) is 15.1 Å². The Morgan fingerprint density at radius 2 is 1.87 bits per heavy atom. The van der Waals surface area contributed by atoms with E-state index >= 15 is 0 Å². The Bertz CT molecular complexity index is 604. The van der Waals surface area contributed by atoms with Crippen molar-refractivity contribution in [1.29, 1.82) is 0 Å². The van der Waals surface area contributed by atoms with E-state index in [4.69, 9.17) is 4.42 Å². The third kappa shape index (κ3) is 3.93. The van der Waals surface area contributed by atoms with Crippen LogP contribution in [0, 0.1) is 0 Å². The molecule has 1 fully saturated rings. The molecule has 5 nitrogen and oxygen atoms in total. The van der Waals surface area contributed by atoms with Crippen LogP contribution in [0.25, 0.3) is 0 Å². The Kier molecular flexibility index (Phi) is 4.98. The van der Waals surface area contributed by atoms with Crippen LogP contribution in [0.15, 0.2) is 53.1 Å². The highest BCUT2D eigenvalue weighted by molar-refractivity contribution is 5.74. The van der Waals surface area contributed by atoms with Gasteiger partial charge in [0.25, 0.3) is 0 Å². The Morgan fingerprint density at radius 1 is 1.13 bits per heavy atom. The molecule has 3 rings (SSSR count). The summed E-state index contributed by atoms with van der Waals surface area (Å²) >= 11 is 0. The summed E-state index contributed by atoms with van der Waals surface area (Å²) in [5, 5.41) is 2.91. The number of nitrogens with one attached hydrogen (secondary N) is 1. The maximum absolute atomic E-state index is 12.2. The monoisotopic (exact) mass is 313 g/mol. The molecule has 0 aliphatic carbocycles. The van der Waals surface area contributed by atoms with Gasteiger partial charge in [0.15, 0.2) is 0 Å². The standard InChI is InChI=1S/C18H23N3O2/c1-15(16-6-3-2-4-7-16)20-9-11-21(12-10-20)18(22)19-14-17-8-5-13-23-17/h2-8,13,15H,9-12,14H2,1H3,(H,19,22). The van der Waals surface area contributed by atoms with E-state index in [1.165, 1.54) is 5.56 Å². The highest BCUT2D eigenvalue weighted by Gasteiger charge is 2.24. The minimum absolute atomic E-state index is 0.0200. The molecule has 1 saturated heterocycles. The molecule has 1 N–H and O–H groups in total. The molecular formula is C18H23N3O2. The Labute approximate surface area is 136 Å². The zero-order chi connectivity index (χ0) is 16.1. The summed E-state index contributed by atoms with van der Waals surface area (Å²) in [4.78, 5) is 16.5. The van der Waals surface area contributed by atoms with Gasteiger partial charge in [0.2, 0.25) is 0 Å². The van der Waals surface area contributed by atoms with Crippen molar-refractivity contribution in [3.05, 3.63) is 60.1 Å². The molecule has 1 unspecified atom stereocenters. The molecule has 0 radical (unpaired) electrons. The van der Waals surface area contributed by atoms with Gasteiger partial charge in [-0.15, -0.1) is 0 Å². The van der Waals surface area contributed by atoms with Gasteiger partial charge < -0.3 is 14.6 Å². The third-order valence-corrected chi connectivity index (χ3v) is 4.43. The summed E-state index contributed by atoms with van der Waals surface area (Å²) < 4.78 is 5.23. The molecule has 122 valence electrons. The van der Waals surface area contributed by atoms with Crippen LogP contribution in [0.4, 0.5) is 4.79 Å². The Hall–Kier alpha value is -2.27. The average Bonchev–Trinajstić information content (AvgIpc) is 3.13. The van der Waals surface area contributed by atoms with Crippen molar-refractivity contribution in [3.8, 4) is 0 Å². The maximum atomic E-state index is 12.2. The first kappa shape index (κ1) is 15.6. The number of urea groups is 1. The van der Waals surface area contributed by atoms with Gasteiger partial charge in [-0.25, -0.2) is 4.79 Å². The molecule has 1 atom stereocenters. The SMILES string of the molecule is CC(c1ccccc1)N1CCN(C(=O)NCc2ccco2)CC1. The van der Waals surface area contributed by atoms with E-state index in [2.05, 4.69) is 41.4 Å². The van der Waals surface area contributed by atoms with Crippen LogP contribution in [0.2, 0.25) is 0 Å². The lowest BCUT2D eigenvalue weighted by molar-refractivity contribution is 0.113. The van der Waals surface area contributed by atoms with Crippen LogP contribution in [0.5, 0.6) is 0 Å². The van der Waals surface area contributed by atoms with Crippen molar-refractivity contribution >= 4 is 6.03 Å². The number of nitrogens with zero attached hydrogens (tertiary/aromatic N) is 2. The molecule has 2 aromatic rings. The number of piperazine rings is 1. The summed E-state index contributed by atoms with van der Waals surface area (Å²) in [6.07, 6.45) is 1.62. The number of benzene rings is 1. The third-order valence-electron chi connectivity index (χ3n) is 4.43. The summed E-state index contributed by atoms with van der Waals surface area (Å²) in [6, 6.07) is 14.6. The fourth-order valence-corrected chi connectivity index (χ4v) is 2.94. The number of furan rings is 1. The maximum Gasteiger partial charge on any atom is 0.317 e. The van der Waals surface area contributed by atoms with Crippen molar-refractivity contribution in [2.45, 2.75) is 19.5 Å². The van der Waals surface area contributed by atoms with Gasteiger partial charge >= 0.3 is 6.03 Å². The molecule has 0 bridgehead atoms. The van der Waals surface area contributed by atoms with Crippen molar-refractivity contribution in [2.75, 3.05) is 26.2 Å². The summed E-state index contributed by atoms with van der Waals surface area (Å²) in [5.74, 6) is 0.773. The van der Waals surface area contributed by atoms with Gasteiger partial charge in [-0.2, -0.15) is 0 Å². The van der Waals surface area contributed by atoms with Gasteiger partial charge in [-0.1, -0.05) is 30.3 Å². The number of rotatable bonds is 4. The molecule has 1 aliphatic heterocycles. The predicted molar refractivity (Wildman–Crippen MR) is 88.9 cm³/mol.